The van der Waals surface area contributed by atoms with Gasteiger partial charge in [-0.3, -0.25) is 9.89 Å². The van der Waals surface area contributed by atoms with Gasteiger partial charge in [-0.15, -0.1) is 5.10 Å². The van der Waals surface area contributed by atoms with Gasteiger partial charge < -0.3 is 14.8 Å². The number of thioether (sulfide) groups is 1. The van der Waals surface area contributed by atoms with Gasteiger partial charge in [0.2, 0.25) is 11.1 Å². The van der Waals surface area contributed by atoms with Crippen LogP contribution in [0.2, 0.25) is 0 Å². The number of nitrogens with zero attached hydrogens (tertiary/aromatic N) is 2. The minimum absolute atomic E-state index is 0.132. The molecule has 2 N–H and O–H groups in total. The molecule has 1 atom stereocenters. The number of aromatic nitrogens is 3. The summed E-state index contributed by atoms with van der Waals surface area (Å²) in [6.45, 7) is 2.15. The first-order valence-corrected chi connectivity index (χ1v) is 10.1. The second-order valence-electron chi connectivity index (χ2n) is 6.36. The Balaban J connectivity index is 1.53. The molecule has 0 radical (unpaired) electrons. The fraction of sp³-hybridized carbons (Fsp3) is 0.238. The second-order valence-corrected chi connectivity index (χ2v) is 7.67. The molecular weight excluding hydrogens is 404 g/mol. The first kappa shape index (κ1) is 21.4. The highest BCUT2D eigenvalue weighted by Crippen LogP contribution is 2.24. The van der Waals surface area contributed by atoms with E-state index in [1.807, 2.05) is 24.3 Å². The smallest absolute Gasteiger partial charge is 0.337 e. The van der Waals surface area contributed by atoms with Crippen LogP contribution in [-0.2, 0) is 16.1 Å². The molecule has 1 aromatic heterocycles. The van der Waals surface area contributed by atoms with Gasteiger partial charge in [-0.1, -0.05) is 23.9 Å². The van der Waals surface area contributed by atoms with E-state index in [1.165, 1.54) is 18.9 Å². The standard InChI is InChI=1S/C21H22N4O4S/c1-13(19(26)22-12-14-4-6-16(7-5-14)20(27)29-3)30-21-23-18(24-25-21)15-8-10-17(28-2)11-9-15/h4-11,13H,12H2,1-3H3,(H,22,26)(H,23,24,25)/t13-/m1/s1. The van der Waals surface area contributed by atoms with Gasteiger partial charge in [0.05, 0.1) is 25.0 Å². The average molecular weight is 426 g/mol. The van der Waals surface area contributed by atoms with Crippen molar-refractivity contribution in [3.8, 4) is 17.1 Å². The Morgan fingerprint density at radius 1 is 1.10 bits per heavy atom. The van der Waals surface area contributed by atoms with E-state index in [0.717, 1.165) is 16.9 Å². The zero-order valence-corrected chi connectivity index (χ0v) is 17.7. The van der Waals surface area contributed by atoms with Gasteiger partial charge in [-0.05, 0) is 48.9 Å². The lowest BCUT2D eigenvalue weighted by Gasteiger charge is -2.10. The zero-order valence-electron chi connectivity index (χ0n) is 16.8. The van der Waals surface area contributed by atoms with Gasteiger partial charge in [0, 0.05) is 12.1 Å². The highest BCUT2D eigenvalue weighted by atomic mass is 32.2. The first-order valence-electron chi connectivity index (χ1n) is 9.18. The van der Waals surface area contributed by atoms with Gasteiger partial charge in [-0.2, -0.15) is 0 Å². The number of rotatable bonds is 8. The summed E-state index contributed by atoms with van der Waals surface area (Å²) in [6.07, 6.45) is 0. The minimum atomic E-state index is -0.392. The molecule has 0 aliphatic heterocycles. The molecule has 0 saturated heterocycles. The number of nitrogens with one attached hydrogen (secondary N) is 2. The molecule has 0 unspecified atom stereocenters. The van der Waals surface area contributed by atoms with Gasteiger partial charge in [-0.25, -0.2) is 9.78 Å². The molecule has 0 aliphatic rings. The lowest BCUT2D eigenvalue weighted by Crippen LogP contribution is -2.30. The normalized spacial score (nSPS) is 11.6. The summed E-state index contributed by atoms with van der Waals surface area (Å²) >= 11 is 1.27. The van der Waals surface area contributed by atoms with Crippen LogP contribution in [0.25, 0.3) is 11.4 Å². The number of carbonyl (C=O) groups excluding carboxylic acids is 2. The molecule has 0 spiro atoms. The number of benzene rings is 2. The Morgan fingerprint density at radius 3 is 2.43 bits per heavy atom. The lowest BCUT2D eigenvalue weighted by atomic mass is 10.1. The maximum Gasteiger partial charge on any atom is 0.337 e. The number of hydrogen-bond acceptors (Lipinski definition) is 7. The van der Waals surface area contributed by atoms with Crippen molar-refractivity contribution in [3.05, 3.63) is 59.7 Å². The molecule has 9 heteroatoms. The number of esters is 1. The highest BCUT2D eigenvalue weighted by molar-refractivity contribution is 8.00. The van der Waals surface area contributed by atoms with Crippen LogP contribution in [0.5, 0.6) is 5.75 Å². The summed E-state index contributed by atoms with van der Waals surface area (Å²) in [7, 11) is 2.95. The van der Waals surface area contributed by atoms with Crippen molar-refractivity contribution in [3.63, 3.8) is 0 Å². The largest absolute Gasteiger partial charge is 0.497 e. The fourth-order valence-corrected chi connectivity index (χ4v) is 3.35. The third kappa shape index (κ3) is 5.38. The number of aromatic amines is 1. The van der Waals surface area contributed by atoms with Crippen LogP contribution in [-0.4, -0.2) is 46.5 Å². The minimum Gasteiger partial charge on any atom is -0.497 e. The number of hydrogen-bond donors (Lipinski definition) is 2. The van der Waals surface area contributed by atoms with E-state index in [0.29, 0.717) is 23.1 Å². The second kappa shape index (κ2) is 9.93. The van der Waals surface area contributed by atoms with E-state index in [9.17, 15) is 9.59 Å². The van der Waals surface area contributed by atoms with Crippen molar-refractivity contribution in [2.45, 2.75) is 23.9 Å². The van der Waals surface area contributed by atoms with Crippen molar-refractivity contribution in [1.29, 1.82) is 0 Å². The Labute approximate surface area is 178 Å². The number of amides is 1. The van der Waals surface area contributed by atoms with Gasteiger partial charge in [0.1, 0.15) is 5.75 Å². The Hall–Kier alpha value is -3.33. The first-order chi connectivity index (χ1) is 14.5. The molecule has 0 fully saturated rings. The molecule has 3 rings (SSSR count). The van der Waals surface area contributed by atoms with Crippen LogP contribution >= 0.6 is 11.8 Å². The van der Waals surface area contributed by atoms with Crippen molar-refractivity contribution < 1.29 is 19.1 Å². The Bertz CT molecular complexity index is 1000. The maximum atomic E-state index is 12.4. The van der Waals surface area contributed by atoms with Gasteiger partial charge in [0.25, 0.3) is 0 Å². The molecule has 0 saturated carbocycles. The summed E-state index contributed by atoms with van der Waals surface area (Å²) in [4.78, 5) is 28.3. The molecule has 156 valence electrons. The van der Waals surface area contributed by atoms with Crippen molar-refractivity contribution >= 4 is 23.6 Å². The number of methoxy groups -OCH3 is 2. The van der Waals surface area contributed by atoms with Gasteiger partial charge in [0.15, 0.2) is 5.82 Å². The molecule has 2 aromatic carbocycles. The van der Waals surface area contributed by atoms with Crippen molar-refractivity contribution in [2.75, 3.05) is 14.2 Å². The predicted octanol–water partition coefficient (Wildman–Crippen LogP) is 3.06. The van der Waals surface area contributed by atoms with E-state index >= 15 is 0 Å². The topological polar surface area (TPSA) is 106 Å². The van der Waals surface area contributed by atoms with Crippen molar-refractivity contribution in [2.24, 2.45) is 0 Å². The average Bonchev–Trinajstić information content (AvgIpc) is 3.25. The maximum absolute atomic E-state index is 12.4. The molecular formula is C21H22N4O4S. The Morgan fingerprint density at radius 2 is 1.80 bits per heavy atom. The predicted molar refractivity (Wildman–Crippen MR) is 113 cm³/mol. The third-order valence-corrected chi connectivity index (χ3v) is 5.28. The van der Waals surface area contributed by atoms with E-state index in [1.54, 1.807) is 38.3 Å². The molecule has 8 nitrogen and oxygen atoms in total. The van der Waals surface area contributed by atoms with Crippen LogP contribution in [0.3, 0.4) is 0 Å². The lowest BCUT2D eigenvalue weighted by molar-refractivity contribution is -0.120. The highest BCUT2D eigenvalue weighted by Gasteiger charge is 2.17. The SMILES string of the molecule is COC(=O)c1ccc(CNC(=O)[C@@H](C)Sc2n[nH]c(-c3ccc(OC)cc3)n2)cc1. The van der Waals surface area contributed by atoms with Crippen LogP contribution in [0.15, 0.2) is 53.7 Å². The summed E-state index contributed by atoms with van der Waals surface area (Å²) in [5.41, 5.74) is 2.23. The third-order valence-electron chi connectivity index (χ3n) is 4.32. The summed E-state index contributed by atoms with van der Waals surface area (Å²) < 4.78 is 9.82. The monoisotopic (exact) mass is 426 g/mol. The molecule has 1 amide bonds. The van der Waals surface area contributed by atoms with E-state index in [2.05, 4.69) is 25.2 Å². The summed E-state index contributed by atoms with van der Waals surface area (Å²) in [5.74, 6) is 0.862. The van der Waals surface area contributed by atoms with Crippen LogP contribution in [0.1, 0.15) is 22.8 Å². The van der Waals surface area contributed by atoms with Crippen LogP contribution in [0.4, 0.5) is 0 Å². The Kier molecular flexibility index (Phi) is 7.08. The van der Waals surface area contributed by atoms with Gasteiger partial charge >= 0.3 is 5.97 Å². The number of ether oxygens (including phenoxy) is 2. The van der Waals surface area contributed by atoms with E-state index in [-0.39, 0.29) is 11.2 Å². The number of carbonyl (C=O) groups is 2. The van der Waals surface area contributed by atoms with Crippen LogP contribution < -0.4 is 10.1 Å². The summed E-state index contributed by atoms with van der Waals surface area (Å²) in [5, 5.41) is 10.1. The molecule has 0 aliphatic carbocycles. The molecule has 30 heavy (non-hydrogen) atoms. The van der Waals surface area contributed by atoms with E-state index in [4.69, 9.17) is 4.74 Å². The van der Waals surface area contributed by atoms with Crippen LogP contribution in [0, 0.1) is 0 Å². The van der Waals surface area contributed by atoms with E-state index < -0.39 is 5.97 Å². The molecule has 1 heterocycles. The fourth-order valence-electron chi connectivity index (χ4n) is 2.60. The summed E-state index contributed by atoms with van der Waals surface area (Å²) in [6, 6.07) is 14.4. The molecule has 3 aromatic rings. The number of H-pyrrole nitrogens is 1. The van der Waals surface area contributed by atoms with Crippen molar-refractivity contribution in [1.82, 2.24) is 20.5 Å². The zero-order chi connectivity index (χ0) is 21.5. The quantitative estimate of drug-likeness (QED) is 0.421. The molecule has 0 bridgehead atoms.